The van der Waals surface area contributed by atoms with Crippen LogP contribution in [0, 0.1) is 0 Å². The molecule has 2 heterocycles. The predicted octanol–water partition coefficient (Wildman–Crippen LogP) is 3.72. The van der Waals surface area contributed by atoms with Crippen molar-refractivity contribution in [3.05, 3.63) is 90.5 Å². The number of nitrogens with zero attached hydrogens (tertiary/aromatic N) is 3. The van der Waals surface area contributed by atoms with E-state index in [1.54, 1.807) is 12.4 Å². The molecule has 3 aromatic rings. The fourth-order valence-corrected chi connectivity index (χ4v) is 2.68. The van der Waals surface area contributed by atoms with E-state index in [0.717, 1.165) is 24.5 Å². The van der Waals surface area contributed by atoms with E-state index in [9.17, 15) is 0 Å². The van der Waals surface area contributed by atoms with Crippen LogP contribution in [0.25, 0.3) is 0 Å². The van der Waals surface area contributed by atoms with Crippen molar-refractivity contribution in [1.82, 2.24) is 9.97 Å². The summed E-state index contributed by atoms with van der Waals surface area (Å²) in [7, 11) is 0. The number of benzene rings is 1. The minimum atomic E-state index is 0.527. The Balaban J connectivity index is 1.44. The van der Waals surface area contributed by atoms with E-state index < -0.39 is 0 Å². The molecule has 0 aliphatic carbocycles. The third-order valence-corrected chi connectivity index (χ3v) is 4.08. The predicted molar refractivity (Wildman–Crippen MR) is 106 cm³/mol. The average Bonchev–Trinajstić information content (AvgIpc) is 2.75. The standard InChI is InChI=1S/C22H25N3O2/c1-2-10-22(11-3-1)25(14-16-26-18-20-8-4-6-12-23-20)15-17-27-19-21-9-5-7-13-24-21/h1-13H,14-19H2. The van der Waals surface area contributed by atoms with Crippen molar-refractivity contribution in [3.8, 4) is 0 Å². The van der Waals surface area contributed by atoms with E-state index in [-0.39, 0.29) is 0 Å². The molecule has 0 spiro atoms. The lowest BCUT2D eigenvalue weighted by molar-refractivity contribution is 0.113. The zero-order valence-corrected chi connectivity index (χ0v) is 15.4. The second-order valence-electron chi connectivity index (χ2n) is 6.07. The summed E-state index contributed by atoms with van der Waals surface area (Å²) in [5, 5.41) is 0. The molecule has 0 saturated heterocycles. The smallest absolute Gasteiger partial charge is 0.0888 e. The first kappa shape index (κ1) is 19.0. The van der Waals surface area contributed by atoms with Crippen LogP contribution >= 0.6 is 0 Å². The normalized spacial score (nSPS) is 10.7. The van der Waals surface area contributed by atoms with Gasteiger partial charge in [0.15, 0.2) is 0 Å². The molecule has 0 fully saturated rings. The lowest BCUT2D eigenvalue weighted by Gasteiger charge is -2.24. The van der Waals surface area contributed by atoms with Crippen molar-refractivity contribution in [2.45, 2.75) is 13.2 Å². The number of rotatable bonds is 11. The lowest BCUT2D eigenvalue weighted by Crippen LogP contribution is -2.31. The van der Waals surface area contributed by atoms with E-state index in [0.29, 0.717) is 26.4 Å². The van der Waals surface area contributed by atoms with E-state index in [1.807, 2.05) is 54.6 Å². The molecule has 5 heteroatoms. The molecule has 0 N–H and O–H groups in total. The third-order valence-electron chi connectivity index (χ3n) is 4.08. The number of hydrogen-bond acceptors (Lipinski definition) is 5. The fourth-order valence-electron chi connectivity index (χ4n) is 2.68. The molecule has 5 nitrogen and oxygen atoms in total. The van der Waals surface area contributed by atoms with Crippen LogP contribution in [0.15, 0.2) is 79.1 Å². The third kappa shape index (κ3) is 6.81. The second-order valence-corrected chi connectivity index (χ2v) is 6.07. The fraction of sp³-hybridized carbons (Fsp3) is 0.273. The first-order valence-electron chi connectivity index (χ1n) is 9.17. The quantitative estimate of drug-likeness (QED) is 0.486. The number of aromatic nitrogens is 2. The summed E-state index contributed by atoms with van der Waals surface area (Å²) in [5.74, 6) is 0. The van der Waals surface area contributed by atoms with E-state index in [4.69, 9.17) is 9.47 Å². The Morgan fingerprint density at radius 2 is 1.15 bits per heavy atom. The first-order chi connectivity index (χ1) is 13.4. The van der Waals surface area contributed by atoms with Crippen molar-refractivity contribution < 1.29 is 9.47 Å². The van der Waals surface area contributed by atoms with Gasteiger partial charge < -0.3 is 14.4 Å². The Labute approximate surface area is 160 Å². The molecule has 0 radical (unpaired) electrons. The summed E-state index contributed by atoms with van der Waals surface area (Å²) in [6.45, 7) is 3.91. The molecule has 1 aromatic carbocycles. The van der Waals surface area contributed by atoms with E-state index >= 15 is 0 Å². The Bertz CT molecular complexity index is 707. The highest BCUT2D eigenvalue weighted by molar-refractivity contribution is 5.45. The van der Waals surface area contributed by atoms with Gasteiger partial charge in [-0.1, -0.05) is 30.3 Å². The van der Waals surface area contributed by atoms with Crippen molar-refractivity contribution in [2.75, 3.05) is 31.2 Å². The van der Waals surface area contributed by atoms with Crippen LogP contribution in [0.2, 0.25) is 0 Å². The monoisotopic (exact) mass is 363 g/mol. The molecule has 0 unspecified atom stereocenters. The lowest BCUT2D eigenvalue weighted by atomic mass is 10.3. The van der Waals surface area contributed by atoms with E-state index in [1.165, 1.54) is 5.69 Å². The van der Waals surface area contributed by atoms with Crippen molar-refractivity contribution in [1.29, 1.82) is 0 Å². The number of hydrogen-bond donors (Lipinski definition) is 0. The van der Waals surface area contributed by atoms with Crippen molar-refractivity contribution >= 4 is 5.69 Å². The molecule has 0 amide bonds. The Morgan fingerprint density at radius 1 is 0.630 bits per heavy atom. The summed E-state index contributed by atoms with van der Waals surface area (Å²) < 4.78 is 11.6. The van der Waals surface area contributed by atoms with Gasteiger partial charge in [-0.25, -0.2) is 0 Å². The minimum absolute atomic E-state index is 0.527. The molecule has 2 aromatic heterocycles. The highest BCUT2D eigenvalue weighted by Gasteiger charge is 2.06. The summed E-state index contributed by atoms with van der Waals surface area (Å²) >= 11 is 0. The Kier molecular flexibility index (Phi) is 7.79. The largest absolute Gasteiger partial charge is 0.373 e. The Hall–Kier alpha value is -2.76. The van der Waals surface area contributed by atoms with Crippen molar-refractivity contribution in [2.24, 2.45) is 0 Å². The number of ether oxygens (including phenoxy) is 2. The maximum absolute atomic E-state index is 5.79. The first-order valence-corrected chi connectivity index (χ1v) is 9.17. The number of anilines is 1. The molecular weight excluding hydrogens is 338 g/mol. The highest BCUT2D eigenvalue weighted by atomic mass is 16.5. The van der Waals surface area contributed by atoms with Crippen molar-refractivity contribution in [3.63, 3.8) is 0 Å². The van der Waals surface area contributed by atoms with Crippen LogP contribution in [0.3, 0.4) is 0 Å². The summed E-state index contributed by atoms with van der Waals surface area (Å²) in [4.78, 5) is 10.8. The zero-order valence-electron chi connectivity index (χ0n) is 15.4. The number of para-hydroxylation sites is 1. The summed E-state index contributed by atoms with van der Waals surface area (Å²) in [6, 6.07) is 22.0. The Morgan fingerprint density at radius 3 is 1.63 bits per heavy atom. The van der Waals surface area contributed by atoms with Gasteiger partial charge >= 0.3 is 0 Å². The molecule has 140 valence electrons. The van der Waals surface area contributed by atoms with Crippen LogP contribution in [0.5, 0.6) is 0 Å². The minimum Gasteiger partial charge on any atom is -0.373 e. The maximum Gasteiger partial charge on any atom is 0.0888 e. The van der Waals surface area contributed by atoms with Crippen LogP contribution in [-0.4, -0.2) is 36.3 Å². The van der Waals surface area contributed by atoms with Gasteiger partial charge in [0.25, 0.3) is 0 Å². The topological polar surface area (TPSA) is 47.5 Å². The molecule has 0 atom stereocenters. The molecule has 3 rings (SSSR count). The molecular formula is C22H25N3O2. The van der Waals surface area contributed by atoms with Crippen LogP contribution < -0.4 is 4.90 Å². The van der Waals surface area contributed by atoms with Gasteiger partial charge in [0.1, 0.15) is 0 Å². The highest BCUT2D eigenvalue weighted by Crippen LogP contribution is 2.13. The molecule has 27 heavy (non-hydrogen) atoms. The van der Waals surface area contributed by atoms with Gasteiger partial charge in [-0.05, 0) is 36.4 Å². The van der Waals surface area contributed by atoms with Crippen LogP contribution in [0.4, 0.5) is 5.69 Å². The molecule has 0 saturated carbocycles. The number of pyridine rings is 2. The second kappa shape index (κ2) is 11.1. The van der Waals surface area contributed by atoms with E-state index in [2.05, 4.69) is 27.0 Å². The maximum atomic E-state index is 5.79. The molecule has 0 bridgehead atoms. The van der Waals surface area contributed by atoms with Gasteiger partial charge in [0, 0.05) is 31.2 Å². The van der Waals surface area contributed by atoms with Gasteiger partial charge in [0.2, 0.25) is 0 Å². The van der Waals surface area contributed by atoms with Crippen LogP contribution in [0.1, 0.15) is 11.4 Å². The van der Waals surface area contributed by atoms with Gasteiger partial charge in [-0.2, -0.15) is 0 Å². The SMILES string of the molecule is c1ccc(N(CCOCc2ccccn2)CCOCc2ccccn2)cc1. The van der Waals surface area contributed by atoms with Gasteiger partial charge in [-0.15, -0.1) is 0 Å². The average molecular weight is 363 g/mol. The molecule has 0 aliphatic heterocycles. The summed E-state index contributed by atoms with van der Waals surface area (Å²) in [5.41, 5.74) is 3.06. The van der Waals surface area contributed by atoms with Crippen LogP contribution in [-0.2, 0) is 22.7 Å². The molecule has 0 aliphatic rings. The van der Waals surface area contributed by atoms with Gasteiger partial charge in [-0.3, -0.25) is 9.97 Å². The zero-order chi connectivity index (χ0) is 18.6. The van der Waals surface area contributed by atoms with Gasteiger partial charge in [0.05, 0.1) is 37.8 Å². The summed E-state index contributed by atoms with van der Waals surface area (Å²) in [6.07, 6.45) is 3.57.